The molecular formula is C9H7NO3. The molecule has 0 unspecified atom stereocenters. The van der Waals surface area contributed by atoms with Gasteiger partial charge in [0.1, 0.15) is 11.8 Å². The van der Waals surface area contributed by atoms with Crippen molar-refractivity contribution in [3.63, 3.8) is 0 Å². The monoisotopic (exact) mass is 177 g/mol. The lowest BCUT2D eigenvalue weighted by atomic mass is 10.2. The zero-order valence-electron chi connectivity index (χ0n) is 6.73. The van der Waals surface area contributed by atoms with Crippen molar-refractivity contribution in [3.05, 3.63) is 29.8 Å². The summed E-state index contributed by atoms with van der Waals surface area (Å²) in [5.74, 6) is -0.488. The third-order valence-electron chi connectivity index (χ3n) is 1.40. The molecule has 0 saturated heterocycles. The predicted octanol–water partition coefficient (Wildman–Crippen LogP) is 1.29. The van der Waals surface area contributed by atoms with E-state index in [1.807, 2.05) is 6.07 Å². The topological polar surface area (TPSA) is 70.3 Å². The molecule has 66 valence electrons. The van der Waals surface area contributed by atoms with Crippen LogP contribution in [0.15, 0.2) is 24.3 Å². The number of carboxylic acid groups (broad SMARTS) is 1. The molecule has 0 atom stereocenters. The summed E-state index contributed by atoms with van der Waals surface area (Å²) >= 11 is 0. The Kier molecular flexibility index (Phi) is 2.87. The second-order valence-electron chi connectivity index (χ2n) is 2.28. The fourth-order valence-electron chi connectivity index (χ4n) is 0.809. The van der Waals surface area contributed by atoms with Crippen LogP contribution in [-0.4, -0.2) is 17.7 Å². The minimum atomic E-state index is -0.980. The molecule has 0 aliphatic carbocycles. The standard InChI is InChI=1S/C9H7NO3/c10-5-6-13-8-3-1-7(2-4-8)9(11)12/h1-4H,6H2,(H,11,12). The third kappa shape index (κ3) is 2.49. The average Bonchev–Trinajstić information content (AvgIpc) is 2.15. The van der Waals surface area contributed by atoms with Gasteiger partial charge in [-0.1, -0.05) is 0 Å². The summed E-state index contributed by atoms with van der Waals surface area (Å²) in [5, 5.41) is 16.8. The van der Waals surface area contributed by atoms with Gasteiger partial charge < -0.3 is 9.84 Å². The maximum Gasteiger partial charge on any atom is 0.335 e. The van der Waals surface area contributed by atoms with Crippen LogP contribution in [0.25, 0.3) is 0 Å². The van der Waals surface area contributed by atoms with Gasteiger partial charge in [-0.2, -0.15) is 5.26 Å². The van der Waals surface area contributed by atoms with Gasteiger partial charge >= 0.3 is 5.97 Å². The largest absolute Gasteiger partial charge is 0.479 e. The number of carboxylic acids is 1. The van der Waals surface area contributed by atoms with Crippen molar-refractivity contribution in [2.75, 3.05) is 6.61 Å². The molecule has 1 aromatic rings. The molecule has 0 amide bonds. The SMILES string of the molecule is N#CCOc1ccc(C(=O)O)cc1. The van der Waals surface area contributed by atoms with Gasteiger partial charge in [-0.15, -0.1) is 0 Å². The maximum atomic E-state index is 10.4. The molecule has 1 rings (SSSR count). The van der Waals surface area contributed by atoms with Crippen LogP contribution in [0.3, 0.4) is 0 Å². The van der Waals surface area contributed by atoms with Crippen LogP contribution in [0.1, 0.15) is 10.4 Å². The summed E-state index contributed by atoms with van der Waals surface area (Å²) < 4.78 is 4.94. The van der Waals surface area contributed by atoms with E-state index in [-0.39, 0.29) is 12.2 Å². The quantitative estimate of drug-likeness (QED) is 0.755. The van der Waals surface area contributed by atoms with Crippen LogP contribution in [-0.2, 0) is 0 Å². The van der Waals surface area contributed by atoms with E-state index in [4.69, 9.17) is 15.1 Å². The van der Waals surface area contributed by atoms with Gasteiger partial charge in [-0.05, 0) is 24.3 Å². The minimum absolute atomic E-state index is 0.0353. The molecule has 0 fully saturated rings. The number of rotatable bonds is 3. The van der Waals surface area contributed by atoms with Gasteiger partial charge in [0.15, 0.2) is 6.61 Å². The molecule has 0 spiro atoms. The Balaban J connectivity index is 2.71. The molecule has 1 aromatic carbocycles. The van der Waals surface area contributed by atoms with Crippen molar-refractivity contribution in [2.45, 2.75) is 0 Å². The van der Waals surface area contributed by atoms with E-state index < -0.39 is 5.97 Å². The molecule has 4 heteroatoms. The summed E-state index contributed by atoms with van der Waals surface area (Å²) in [4.78, 5) is 10.4. The molecule has 0 aliphatic rings. The van der Waals surface area contributed by atoms with Gasteiger partial charge in [0.25, 0.3) is 0 Å². The Morgan fingerprint density at radius 1 is 1.46 bits per heavy atom. The van der Waals surface area contributed by atoms with Crippen LogP contribution >= 0.6 is 0 Å². The van der Waals surface area contributed by atoms with Crippen molar-refractivity contribution in [1.29, 1.82) is 5.26 Å². The summed E-state index contributed by atoms with van der Waals surface area (Å²) in [5.41, 5.74) is 0.198. The lowest BCUT2D eigenvalue weighted by Crippen LogP contribution is -1.97. The summed E-state index contributed by atoms with van der Waals surface area (Å²) in [7, 11) is 0. The van der Waals surface area contributed by atoms with Crippen LogP contribution < -0.4 is 4.74 Å². The van der Waals surface area contributed by atoms with Crippen molar-refractivity contribution in [1.82, 2.24) is 0 Å². The number of nitriles is 1. The minimum Gasteiger partial charge on any atom is -0.479 e. The van der Waals surface area contributed by atoms with E-state index in [9.17, 15) is 4.79 Å². The highest BCUT2D eigenvalue weighted by Crippen LogP contribution is 2.11. The van der Waals surface area contributed by atoms with E-state index in [2.05, 4.69) is 0 Å². The first-order valence-corrected chi connectivity index (χ1v) is 3.57. The molecule has 1 N–H and O–H groups in total. The number of hydrogen-bond donors (Lipinski definition) is 1. The van der Waals surface area contributed by atoms with Gasteiger partial charge in [-0.3, -0.25) is 0 Å². The highest BCUT2D eigenvalue weighted by Gasteiger charge is 2.01. The van der Waals surface area contributed by atoms with Gasteiger partial charge in [0.05, 0.1) is 5.56 Å². The van der Waals surface area contributed by atoms with Crippen LogP contribution in [0.4, 0.5) is 0 Å². The smallest absolute Gasteiger partial charge is 0.335 e. The van der Waals surface area contributed by atoms with E-state index in [1.54, 1.807) is 0 Å². The van der Waals surface area contributed by atoms with Crippen LogP contribution in [0, 0.1) is 11.3 Å². The van der Waals surface area contributed by atoms with Gasteiger partial charge in [-0.25, -0.2) is 4.79 Å². The number of benzene rings is 1. The summed E-state index contributed by atoms with van der Waals surface area (Å²) in [6, 6.07) is 7.70. The molecule has 0 aromatic heterocycles. The number of nitrogens with zero attached hydrogens (tertiary/aromatic N) is 1. The Labute approximate surface area is 75.0 Å². The Morgan fingerprint density at radius 2 is 2.08 bits per heavy atom. The van der Waals surface area contributed by atoms with E-state index in [0.717, 1.165) is 0 Å². The number of ether oxygens (including phenoxy) is 1. The molecular weight excluding hydrogens is 170 g/mol. The lowest BCUT2D eigenvalue weighted by Gasteiger charge is -2.00. The molecule has 0 heterocycles. The zero-order valence-corrected chi connectivity index (χ0v) is 6.73. The highest BCUT2D eigenvalue weighted by molar-refractivity contribution is 5.87. The molecule has 4 nitrogen and oxygen atoms in total. The van der Waals surface area contributed by atoms with Crippen LogP contribution in [0.5, 0.6) is 5.75 Å². The summed E-state index contributed by atoms with van der Waals surface area (Å²) in [6.45, 7) is -0.0353. The number of carbonyl (C=O) groups is 1. The molecule has 0 aliphatic heterocycles. The van der Waals surface area contributed by atoms with Crippen molar-refractivity contribution in [2.24, 2.45) is 0 Å². The zero-order chi connectivity index (χ0) is 9.68. The number of hydrogen-bond acceptors (Lipinski definition) is 3. The first-order valence-electron chi connectivity index (χ1n) is 3.57. The van der Waals surface area contributed by atoms with Crippen molar-refractivity contribution >= 4 is 5.97 Å². The lowest BCUT2D eigenvalue weighted by molar-refractivity contribution is 0.0697. The first-order chi connectivity index (χ1) is 6.24. The molecule has 0 saturated carbocycles. The Morgan fingerprint density at radius 3 is 2.54 bits per heavy atom. The summed E-state index contributed by atoms with van der Waals surface area (Å²) in [6.07, 6.45) is 0. The molecule has 13 heavy (non-hydrogen) atoms. The van der Waals surface area contributed by atoms with E-state index in [1.165, 1.54) is 24.3 Å². The first kappa shape index (κ1) is 9.07. The second-order valence-corrected chi connectivity index (χ2v) is 2.28. The van der Waals surface area contributed by atoms with E-state index >= 15 is 0 Å². The van der Waals surface area contributed by atoms with Gasteiger partial charge in [0.2, 0.25) is 0 Å². The third-order valence-corrected chi connectivity index (χ3v) is 1.40. The number of aromatic carboxylic acids is 1. The average molecular weight is 177 g/mol. The molecule has 0 bridgehead atoms. The van der Waals surface area contributed by atoms with Crippen LogP contribution in [0.2, 0.25) is 0 Å². The molecule has 0 radical (unpaired) electrons. The normalized spacial score (nSPS) is 8.85. The highest BCUT2D eigenvalue weighted by atomic mass is 16.5. The predicted molar refractivity (Wildman–Crippen MR) is 44.5 cm³/mol. The fraction of sp³-hybridized carbons (Fsp3) is 0.111. The van der Waals surface area contributed by atoms with Crippen molar-refractivity contribution < 1.29 is 14.6 Å². The van der Waals surface area contributed by atoms with Gasteiger partial charge in [0, 0.05) is 0 Å². The fourth-order valence-corrected chi connectivity index (χ4v) is 0.809. The van der Waals surface area contributed by atoms with E-state index in [0.29, 0.717) is 5.75 Å². The maximum absolute atomic E-state index is 10.4. The second kappa shape index (κ2) is 4.12. The Bertz CT molecular complexity index is 337. The van der Waals surface area contributed by atoms with Crippen molar-refractivity contribution in [3.8, 4) is 11.8 Å². The Hall–Kier alpha value is -2.02.